The number of amides is 2. The molecule has 0 radical (unpaired) electrons. The van der Waals surface area contributed by atoms with E-state index in [4.69, 9.17) is 4.42 Å². The number of carbonyl (C=O) groups is 2. The molecule has 1 aromatic heterocycles. The lowest BCUT2D eigenvalue weighted by Gasteiger charge is -2.15. The first-order valence-corrected chi connectivity index (χ1v) is 10.1. The topological polar surface area (TPSA) is 50.5 Å². The van der Waals surface area contributed by atoms with Gasteiger partial charge in [0.05, 0.1) is 28.2 Å². The van der Waals surface area contributed by atoms with Gasteiger partial charge >= 0.3 is 0 Å². The molecule has 4 nitrogen and oxygen atoms in total. The first kappa shape index (κ1) is 19.2. The largest absolute Gasteiger partial charge is 0.468 e. The van der Waals surface area contributed by atoms with Gasteiger partial charge in [0.2, 0.25) is 0 Å². The zero-order valence-corrected chi connectivity index (χ0v) is 16.8. The number of imide groups is 1. The minimum Gasteiger partial charge on any atom is -0.468 e. The fraction of sp³-hybridized carbons (Fsp3) is 0.130. The third-order valence-electron chi connectivity index (χ3n) is 4.86. The molecule has 2 amide bonds. The summed E-state index contributed by atoms with van der Waals surface area (Å²) in [5.74, 6) is -0.115. The van der Waals surface area contributed by atoms with Gasteiger partial charge in [-0.15, -0.1) is 11.8 Å². The lowest BCUT2D eigenvalue weighted by molar-refractivity contribution is -0.119. The van der Waals surface area contributed by atoms with Gasteiger partial charge in [-0.25, -0.2) is 9.29 Å². The van der Waals surface area contributed by atoms with Gasteiger partial charge in [0, 0.05) is 0 Å². The average molecular weight is 407 g/mol. The molecule has 146 valence electrons. The molecule has 0 spiro atoms. The molecule has 3 aromatic rings. The Morgan fingerprint density at radius 1 is 0.966 bits per heavy atom. The van der Waals surface area contributed by atoms with Gasteiger partial charge in [-0.1, -0.05) is 18.2 Å². The van der Waals surface area contributed by atoms with E-state index in [-0.39, 0.29) is 0 Å². The predicted octanol–water partition coefficient (Wildman–Crippen LogP) is 5.25. The summed E-state index contributed by atoms with van der Waals surface area (Å²) in [6.45, 7) is 3.96. The number of hydrogen-bond acceptors (Lipinski definition) is 4. The van der Waals surface area contributed by atoms with Gasteiger partial charge in [0.15, 0.2) is 0 Å². The Morgan fingerprint density at radius 2 is 1.72 bits per heavy atom. The van der Waals surface area contributed by atoms with Crippen LogP contribution in [0.5, 0.6) is 0 Å². The van der Waals surface area contributed by atoms with E-state index in [2.05, 4.69) is 0 Å². The quantitative estimate of drug-likeness (QED) is 0.542. The van der Waals surface area contributed by atoms with Crippen molar-refractivity contribution in [3.05, 3.63) is 94.0 Å². The summed E-state index contributed by atoms with van der Waals surface area (Å²) in [5, 5.41) is 0. The number of rotatable bonds is 5. The van der Waals surface area contributed by atoms with E-state index in [0.29, 0.717) is 33.2 Å². The van der Waals surface area contributed by atoms with Gasteiger partial charge in [-0.05, 0) is 66.9 Å². The van der Waals surface area contributed by atoms with Crippen LogP contribution >= 0.6 is 11.8 Å². The number of anilines is 1. The number of furan rings is 1. The Balaban J connectivity index is 1.77. The van der Waals surface area contributed by atoms with Crippen LogP contribution in [0.3, 0.4) is 0 Å². The van der Waals surface area contributed by atoms with Crippen LogP contribution in [0.2, 0.25) is 0 Å². The second-order valence-electron chi connectivity index (χ2n) is 6.79. The fourth-order valence-corrected chi connectivity index (χ4v) is 4.17. The van der Waals surface area contributed by atoms with E-state index < -0.39 is 17.6 Å². The third-order valence-corrected chi connectivity index (χ3v) is 5.96. The molecular weight excluding hydrogens is 389 g/mol. The first-order valence-electron chi connectivity index (χ1n) is 9.07. The molecule has 1 aliphatic heterocycles. The lowest BCUT2D eigenvalue weighted by atomic mass is 10.0. The highest BCUT2D eigenvalue weighted by molar-refractivity contribution is 8.03. The first-order chi connectivity index (χ1) is 14.0. The van der Waals surface area contributed by atoms with Gasteiger partial charge in [-0.2, -0.15) is 0 Å². The average Bonchev–Trinajstić information content (AvgIpc) is 3.30. The summed E-state index contributed by atoms with van der Waals surface area (Å²) in [6, 6.07) is 14.6. The summed E-state index contributed by atoms with van der Waals surface area (Å²) < 4.78 is 18.7. The van der Waals surface area contributed by atoms with Crippen LogP contribution in [0.4, 0.5) is 10.1 Å². The molecule has 0 aliphatic carbocycles. The highest BCUT2D eigenvalue weighted by Gasteiger charge is 2.40. The maximum absolute atomic E-state index is 13.3. The summed E-state index contributed by atoms with van der Waals surface area (Å²) in [7, 11) is 0. The molecule has 0 N–H and O–H groups in total. The minimum absolute atomic E-state index is 0.344. The fourth-order valence-electron chi connectivity index (χ4n) is 3.16. The number of aryl methyl sites for hydroxylation is 2. The van der Waals surface area contributed by atoms with Crippen molar-refractivity contribution >= 4 is 34.8 Å². The van der Waals surface area contributed by atoms with Crippen molar-refractivity contribution in [3.63, 3.8) is 0 Å². The monoisotopic (exact) mass is 407 g/mol. The van der Waals surface area contributed by atoms with Gasteiger partial charge < -0.3 is 4.42 Å². The molecule has 2 aromatic carbocycles. The van der Waals surface area contributed by atoms with Crippen molar-refractivity contribution < 1.29 is 18.4 Å². The van der Waals surface area contributed by atoms with Crippen LogP contribution in [-0.4, -0.2) is 11.8 Å². The van der Waals surface area contributed by atoms with Crippen molar-refractivity contribution in [1.29, 1.82) is 0 Å². The summed E-state index contributed by atoms with van der Waals surface area (Å²) in [6.07, 6.45) is 1.57. The molecule has 0 saturated carbocycles. The Morgan fingerprint density at radius 3 is 2.38 bits per heavy atom. The van der Waals surface area contributed by atoms with Gasteiger partial charge in [0.1, 0.15) is 11.6 Å². The zero-order valence-electron chi connectivity index (χ0n) is 15.9. The van der Waals surface area contributed by atoms with E-state index in [1.165, 1.54) is 36.0 Å². The van der Waals surface area contributed by atoms with Crippen molar-refractivity contribution in [2.45, 2.75) is 19.6 Å². The summed E-state index contributed by atoms with van der Waals surface area (Å²) >= 11 is 1.27. The van der Waals surface area contributed by atoms with E-state index in [9.17, 15) is 14.0 Å². The zero-order chi connectivity index (χ0) is 20.5. The summed E-state index contributed by atoms with van der Waals surface area (Å²) in [4.78, 5) is 28.0. The highest BCUT2D eigenvalue weighted by Crippen LogP contribution is 2.40. The van der Waals surface area contributed by atoms with E-state index in [0.717, 1.165) is 16.0 Å². The molecule has 0 unspecified atom stereocenters. The lowest BCUT2D eigenvalue weighted by Crippen LogP contribution is -2.31. The summed E-state index contributed by atoms with van der Waals surface area (Å²) in [5.41, 5.74) is 3.53. The Bertz CT molecular complexity index is 1120. The molecule has 0 saturated heterocycles. The van der Waals surface area contributed by atoms with Crippen molar-refractivity contribution in [3.8, 4) is 0 Å². The molecular formula is C23H18FNO3S. The van der Waals surface area contributed by atoms with Crippen LogP contribution < -0.4 is 4.90 Å². The second-order valence-corrected chi connectivity index (χ2v) is 7.78. The molecule has 0 fully saturated rings. The molecule has 2 heterocycles. The second kappa shape index (κ2) is 7.72. The molecule has 1 aliphatic rings. The SMILES string of the molecule is Cc1ccc(C2=C(SCc3ccco3)C(=O)N(c3ccc(F)cc3)C2=O)cc1C. The number of hydrogen-bond donors (Lipinski definition) is 0. The van der Waals surface area contributed by atoms with Gasteiger partial charge in [0.25, 0.3) is 11.8 Å². The van der Waals surface area contributed by atoms with E-state index in [1.54, 1.807) is 12.3 Å². The normalized spacial score (nSPS) is 14.2. The molecule has 6 heteroatoms. The maximum atomic E-state index is 13.3. The minimum atomic E-state index is -0.428. The third kappa shape index (κ3) is 3.63. The predicted molar refractivity (Wildman–Crippen MR) is 112 cm³/mol. The standard InChI is InChI=1S/C23H18FNO3S/c1-14-5-6-16(12-15(14)2)20-21(29-13-19-4-3-11-28-19)23(27)25(22(20)26)18-9-7-17(24)8-10-18/h3-12H,13H2,1-2H3. The van der Waals surface area contributed by atoms with E-state index in [1.807, 2.05) is 38.1 Å². The Kier molecular flexibility index (Phi) is 5.11. The van der Waals surface area contributed by atoms with E-state index >= 15 is 0 Å². The molecule has 29 heavy (non-hydrogen) atoms. The molecule has 4 rings (SSSR count). The maximum Gasteiger partial charge on any atom is 0.272 e. The van der Waals surface area contributed by atoms with Crippen molar-refractivity contribution in [2.24, 2.45) is 0 Å². The number of carbonyl (C=O) groups excluding carboxylic acids is 2. The number of benzene rings is 2. The number of nitrogens with zero attached hydrogens (tertiary/aromatic N) is 1. The van der Waals surface area contributed by atoms with Crippen LogP contribution in [-0.2, 0) is 15.3 Å². The van der Waals surface area contributed by atoms with Crippen molar-refractivity contribution in [2.75, 3.05) is 4.90 Å². The van der Waals surface area contributed by atoms with Crippen LogP contribution in [0.25, 0.3) is 5.57 Å². The Hall–Kier alpha value is -3.12. The van der Waals surface area contributed by atoms with Crippen LogP contribution in [0, 0.1) is 19.7 Å². The molecule has 0 atom stereocenters. The molecule has 0 bridgehead atoms. The van der Waals surface area contributed by atoms with Crippen LogP contribution in [0.15, 0.2) is 70.2 Å². The van der Waals surface area contributed by atoms with Gasteiger partial charge in [-0.3, -0.25) is 9.59 Å². The van der Waals surface area contributed by atoms with Crippen LogP contribution in [0.1, 0.15) is 22.5 Å². The smallest absolute Gasteiger partial charge is 0.272 e. The highest BCUT2D eigenvalue weighted by atomic mass is 32.2. The number of thioether (sulfide) groups is 1. The Labute approximate surface area is 172 Å². The van der Waals surface area contributed by atoms with Crippen molar-refractivity contribution in [1.82, 2.24) is 0 Å². The number of halogens is 1.